The largest absolute Gasteiger partial charge is 0.467 e. The van der Waals surface area contributed by atoms with E-state index in [1.165, 1.54) is 30.5 Å². The predicted molar refractivity (Wildman–Crippen MR) is 98.9 cm³/mol. The molecule has 1 aromatic carbocycles. The Balaban J connectivity index is 1.94. The van der Waals surface area contributed by atoms with Gasteiger partial charge in [0.2, 0.25) is 5.88 Å². The smallest absolute Gasteiger partial charge is 0.259 e. The van der Waals surface area contributed by atoms with Crippen LogP contribution < -0.4 is 16.0 Å². The van der Waals surface area contributed by atoms with Crippen molar-refractivity contribution in [1.82, 2.24) is 4.57 Å². The van der Waals surface area contributed by atoms with Crippen LogP contribution >= 0.6 is 0 Å². The molecule has 0 bridgehead atoms. The maximum Gasteiger partial charge on any atom is 0.259 e. The van der Waals surface area contributed by atoms with E-state index in [4.69, 9.17) is 14.9 Å². The summed E-state index contributed by atoms with van der Waals surface area (Å²) in [6, 6.07) is 12.9. The van der Waals surface area contributed by atoms with E-state index in [1.54, 1.807) is 29.7 Å². The van der Waals surface area contributed by atoms with Crippen molar-refractivity contribution in [3.05, 3.63) is 98.9 Å². The van der Waals surface area contributed by atoms with Gasteiger partial charge in [-0.25, -0.2) is 4.39 Å². The van der Waals surface area contributed by atoms with Crippen molar-refractivity contribution in [2.45, 2.75) is 19.4 Å². The first kappa shape index (κ1) is 17.6. The fourth-order valence-electron chi connectivity index (χ4n) is 3.43. The highest BCUT2D eigenvalue weighted by Gasteiger charge is 2.34. The Bertz CT molecular complexity index is 1170. The fraction of sp³-hybridized carbons (Fsp3) is 0.143. The summed E-state index contributed by atoms with van der Waals surface area (Å²) in [4.78, 5) is 13.4. The SMILES string of the molecule is Cc1cc2c(c(=O)n1Cc1ccco1)[C@@H](c1ccc(F)cc1)C(C#N)=C(N)O2. The number of aryl methyl sites for hydroxylation is 1. The van der Waals surface area contributed by atoms with Gasteiger partial charge in [-0.3, -0.25) is 4.79 Å². The van der Waals surface area contributed by atoms with Crippen LogP contribution in [-0.2, 0) is 6.54 Å². The molecule has 0 spiro atoms. The highest BCUT2D eigenvalue weighted by Crippen LogP contribution is 2.40. The van der Waals surface area contributed by atoms with Crippen LogP contribution in [0.2, 0.25) is 0 Å². The Hall–Kier alpha value is -3.79. The zero-order valence-corrected chi connectivity index (χ0v) is 15.0. The minimum Gasteiger partial charge on any atom is -0.467 e. The van der Waals surface area contributed by atoms with Gasteiger partial charge in [-0.05, 0) is 36.8 Å². The molecule has 2 aromatic heterocycles. The maximum atomic E-state index is 13.4. The molecule has 0 amide bonds. The van der Waals surface area contributed by atoms with Crippen LogP contribution in [0.15, 0.2) is 69.4 Å². The molecule has 0 unspecified atom stereocenters. The number of fused-ring (bicyclic) bond motifs is 1. The number of aromatic nitrogens is 1. The lowest BCUT2D eigenvalue weighted by Crippen LogP contribution is -2.33. The highest BCUT2D eigenvalue weighted by molar-refractivity contribution is 5.55. The molecule has 1 aliphatic heterocycles. The van der Waals surface area contributed by atoms with E-state index in [1.807, 2.05) is 6.07 Å². The molecule has 3 heterocycles. The van der Waals surface area contributed by atoms with Gasteiger partial charge in [-0.15, -0.1) is 0 Å². The van der Waals surface area contributed by atoms with Crippen molar-refractivity contribution in [1.29, 1.82) is 5.26 Å². The number of pyridine rings is 1. The van der Waals surface area contributed by atoms with Gasteiger partial charge in [0, 0.05) is 11.8 Å². The predicted octanol–water partition coefficient (Wildman–Crippen LogP) is 3.16. The molecule has 0 saturated heterocycles. The van der Waals surface area contributed by atoms with E-state index < -0.39 is 11.7 Å². The summed E-state index contributed by atoms with van der Waals surface area (Å²) in [7, 11) is 0. The molecule has 0 radical (unpaired) electrons. The number of nitrogens with two attached hydrogens (primary N) is 1. The van der Waals surface area contributed by atoms with Crippen LogP contribution in [0.1, 0.15) is 28.5 Å². The first-order chi connectivity index (χ1) is 13.5. The van der Waals surface area contributed by atoms with Crippen molar-refractivity contribution in [3.63, 3.8) is 0 Å². The van der Waals surface area contributed by atoms with E-state index in [0.29, 0.717) is 22.8 Å². The molecule has 1 aliphatic rings. The Morgan fingerprint density at radius 3 is 2.68 bits per heavy atom. The number of nitriles is 1. The third-order valence-corrected chi connectivity index (χ3v) is 4.79. The summed E-state index contributed by atoms with van der Waals surface area (Å²) in [5.74, 6) is -0.303. The second kappa shape index (κ2) is 6.74. The number of ether oxygens (including phenoxy) is 1. The van der Waals surface area contributed by atoms with Gasteiger partial charge >= 0.3 is 0 Å². The molecule has 3 aromatic rings. The summed E-state index contributed by atoms with van der Waals surface area (Å²) < 4.78 is 25.9. The number of hydrogen-bond donors (Lipinski definition) is 1. The lowest BCUT2D eigenvalue weighted by atomic mass is 9.84. The second-order valence-corrected chi connectivity index (χ2v) is 6.51. The Labute approximate surface area is 159 Å². The fourth-order valence-corrected chi connectivity index (χ4v) is 3.43. The van der Waals surface area contributed by atoms with E-state index in [0.717, 1.165) is 0 Å². The summed E-state index contributed by atoms with van der Waals surface area (Å²) in [6.07, 6.45) is 1.54. The summed E-state index contributed by atoms with van der Waals surface area (Å²) >= 11 is 0. The second-order valence-electron chi connectivity index (χ2n) is 6.51. The summed E-state index contributed by atoms with van der Waals surface area (Å²) in [5, 5.41) is 9.63. The van der Waals surface area contributed by atoms with Gasteiger partial charge in [0.25, 0.3) is 5.56 Å². The lowest BCUT2D eigenvalue weighted by molar-refractivity contribution is 0.387. The Kier molecular flexibility index (Phi) is 4.24. The number of rotatable bonds is 3. The van der Waals surface area contributed by atoms with Crippen molar-refractivity contribution < 1.29 is 13.5 Å². The topological polar surface area (TPSA) is 94.2 Å². The minimum atomic E-state index is -0.745. The van der Waals surface area contributed by atoms with Crippen molar-refractivity contribution >= 4 is 0 Å². The molecule has 0 fully saturated rings. The van der Waals surface area contributed by atoms with Gasteiger partial charge in [-0.1, -0.05) is 12.1 Å². The molecule has 0 aliphatic carbocycles. The molecule has 1 atom stereocenters. The van der Waals surface area contributed by atoms with Gasteiger partial charge in [-0.2, -0.15) is 5.26 Å². The van der Waals surface area contributed by atoms with Crippen LogP contribution in [0, 0.1) is 24.1 Å². The quantitative estimate of drug-likeness (QED) is 0.757. The molecule has 0 saturated carbocycles. The molecule has 140 valence electrons. The standard InChI is InChI=1S/C21H16FN3O3/c1-12-9-17-19(21(26)25(12)11-15-3-2-8-27-15)18(16(10-23)20(24)28-17)13-4-6-14(22)7-5-13/h2-9,18H,11,24H2,1H3/t18-/m0/s1. The zero-order chi connectivity index (χ0) is 19.8. The molecular formula is C21H16FN3O3. The van der Waals surface area contributed by atoms with Gasteiger partial charge < -0.3 is 19.5 Å². The van der Waals surface area contributed by atoms with Crippen LogP contribution in [0.5, 0.6) is 5.75 Å². The van der Waals surface area contributed by atoms with E-state index in [-0.39, 0.29) is 29.1 Å². The third kappa shape index (κ3) is 2.85. The van der Waals surface area contributed by atoms with Crippen LogP contribution in [0.4, 0.5) is 4.39 Å². The number of allylic oxidation sites excluding steroid dienone is 1. The number of nitrogens with zero attached hydrogens (tertiary/aromatic N) is 2. The molecule has 28 heavy (non-hydrogen) atoms. The zero-order valence-electron chi connectivity index (χ0n) is 15.0. The number of furan rings is 1. The van der Waals surface area contributed by atoms with E-state index in [2.05, 4.69) is 0 Å². The number of halogens is 1. The average Bonchev–Trinajstić information content (AvgIpc) is 3.18. The third-order valence-electron chi connectivity index (χ3n) is 4.79. The summed E-state index contributed by atoms with van der Waals surface area (Å²) in [6.45, 7) is 2.02. The van der Waals surface area contributed by atoms with Crippen LogP contribution in [0.3, 0.4) is 0 Å². The maximum absolute atomic E-state index is 13.4. The Morgan fingerprint density at radius 1 is 1.29 bits per heavy atom. The van der Waals surface area contributed by atoms with E-state index >= 15 is 0 Å². The van der Waals surface area contributed by atoms with Crippen molar-refractivity contribution in [2.24, 2.45) is 5.73 Å². The van der Waals surface area contributed by atoms with Gasteiger partial charge in [0.05, 0.1) is 24.3 Å². The molecule has 4 rings (SSSR count). The van der Waals surface area contributed by atoms with Gasteiger partial charge in [0.1, 0.15) is 29.0 Å². The number of benzene rings is 1. The molecular weight excluding hydrogens is 361 g/mol. The molecule has 2 N–H and O–H groups in total. The first-order valence-corrected chi connectivity index (χ1v) is 8.59. The molecule has 6 nitrogen and oxygen atoms in total. The average molecular weight is 377 g/mol. The summed E-state index contributed by atoms with van der Waals surface area (Å²) in [5.41, 5.74) is 7.27. The highest BCUT2D eigenvalue weighted by atomic mass is 19.1. The van der Waals surface area contributed by atoms with Crippen LogP contribution in [0.25, 0.3) is 0 Å². The van der Waals surface area contributed by atoms with E-state index in [9.17, 15) is 14.4 Å². The monoisotopic (exact) mass is 377 g/mol. The van der Waals surface area contributed by atoms with Crippen molar-refractivity contribution in [2.75, 3.05) is 0 Å². The normalized spacial score (nSPS) is 15.7. The van der Waals surface area contributed by atoms with Crippen molar-refractivity contribution in [3.8, 4) is 11.8 Å². The molecule has 7 heteroatoms. The minimum absolute atomic E-state index is 0.0630. The first-order valence-electron chi connectivity index (χ1n) is 8.59. The van der Waals surface area contributed by atoms with Gasteiger partial charge in [0.15, 0.2) is 0 Å². The Morgan fingerprint density at radius 2 is 2.04 bits per heavy atom. The lowest BCUT2D eigenvalue weighted by Gasteiger charge is -2.27. The van der Waals surface area contributed by atoms with Crippen LogP contribution in [-0.4, -0.2) is 4.57 Å². The number of hydrogen-bond acceptors (Lipinski definition) is 5.